The summed E-state index contributed by atoms with van der Waals surface area (Å²) in [4.78, 5) is 0. The minimum Gasteiger partial charge on any atom is -0.456 e. The second-order valence-electron chi connectivity index (χ2n) is 5.13. The number of nitrogens with one attached hydrogen (secondary N) is 1. The average molecular weight is 304 g/mol. The summed E-state index contributed by atoms with van der Waals surface area (Å²) in [6, 6.07) is 14.3. The van der Waals surface area contributed by atoms with Crippen LogP contribution in [0.15, 0.2) is 42.5 Å². The molecular weight excluding hydrogens is 282 g/mol. The highest BCUT2D eigenvalue weighted by Gasteiger charge is 2.09. The Morgan fingerprint density at radius 3 is 2.67 bits per heavy atom. The van der Waals surface area contributed by atoms with Gasteiger partial charge in [0.15, 0.2) is 0 Å². The van der Waals surface area contributed by atoms with Crippen LogP contribution in [0.3, 0.4) is 0 Å². The first-order chi connectivity index (χ1) is 10.1. The summed E-state index contributed by atoms with van der Waals surface area (Å²) in [5.74, 6) is 1.52. The molecule has 2 aromatic rings. The van der Waals surface area contributed by atoms with Crippen molar-refractivity contribution in [3.05, 3.63) is 58.6 Å². The highest BCUT2D eigenvalue weighted by molar-refractivity contribution is 6.32. The van der Waals surface area contributed by atoms with E-state index in [-0.39, 0.29) is 0 Å². The fourth-order valence-electron chi connectivity index (χ4n) is 2.35. The molecule has 0 aliphatic heterocycles. The summed E-state index contributed by atoms with van der Waals surface area (Å²) in [5.41, 5.74) is 2.37. The molecule has 0 saturated carbocycles. The second kappa shape index (κ2) is 7.48. The zero-order valence-electron chi connectivity index (χ0n) is 12.8. The quantitative estimate of drug-likeness (QED) is 0.760. The van der Waals surface area contributed by atoms with Crippen LogP contribution in [-0.4, -0.2) is 6.54 Å². The standard InChI is InChI=1S/C18H22ClNO/c1-4-17(20-5-2)14-7-6-8-15(12-14)21-18-11-13(3)9-10-16(18)19/h6-12,17,20H,4-5H2,1-3H3. The van der Waals surface area contributed by atoms with Crippen molar-refractivity contribution >= 4 is 11.6 Å². The van der Waals surface area contributed by atoms with Gasteiger partial charge in [0, 0.05) is 6.04 Å². The Morgan fingerprint density at radius 2 is 1.95 bits per heavy atom. The SMILES string of the molecule is CCNC(CC)c1cccc(Oc2cc(C)ccc2Cl)c1. The van der Waals surface area contributed by atoms with E-state index in [1.807, 2.05) is 37.3 Å². The van der Waals surface area contributed by atoms with E-state index >= 15 is 0 Å². The van der Waals surface area contributed by atoms with E-state index in [1.54, 1.807) is 0 Å². The van der Waals surface area contributed by atoms with Gasteiger partial charge in [-0.1, -0.05) is 43.6 Å². The lowest BCUT2D eigenvalue weighted by Gasteiger charge is -2.17. The van der Waals surface area contributed by atoms with Crippen molar-refractivity contribution in [2.45, 2.75) is 33.2 Å². The Labute approximate surface area is 132 Å². The van der Waals surface area contributed by atoms with Gasteiger partial charge in [0.25, 0.3) is 0 Å². The number of hydrogen-bond acceptors (Lipinski definition) is 2. The van der Waals surface area contributed by atoms with Crippen LogP contribution in [0.1, 0.15) is 37.4 Å². The molecular formula is C18H22ClNO. The first kappa shape index (κ1) is 15.9. The van der Waals surface area contributed by atoms with Crippen molar-refractivity contribution in [2.24, 2.45) is 0 Å². The smallest absolute Gasteiger partial charge is 0.146 e. The van der Waals surface area contributed by atoms with Crippen LogP contribution in [0.2, 0.25) is 5.02 Å². The van der Waals surface area contributed by atoms with Crippen molar-refractivity contribution in [3.63, 3.8) is 0 Å². The lowest BCUT2D eigenvalue weighted by molar-refractivity contribution is 0.477. The maximum absolute atomic E-state index is 6.19. The predicted octanol–water partition coefficient (Wildman–Crippen LogP) is 5.50. The highest BCUT2D eigenvalue weighted by Crippen LogP contribution is 2.31. The highest BCUT2D eigenvalue weighted by atomic mass is 35.5. The normalized spacial score (nSPS) is 12.2. The van der Waals surface area contributed by atoms with Gasteiger partial charge in [0.2, 0.25) is 0 Å². The van der Waals surface area contributed by atoms with E-state index in [1.165, 1.54) is 5.56 Å². The molecule has 0 spiro atoms. The Kier molecular flexibility index (Phi) is 5.66. The van der Waals surface area contributed by atoms with Gasteiger partial charge in [0.1, 0.15) is 11.5 Å². The maximum atomic E-state index is 6.19. The van der Waals surface area contributed by atoms with E-state index in [0.29, 0.717) is 16.8 Å². The zero-order valence-corrected chi connectivity index (χ0v) is 13.6. The average Bonchev–Trinajstić information content (AvgIpc) is 2.49. The summed E-state index contributed by atoms with van der Waals surface area (Å²) in [6.07, 6.45) is 1.04. The van der Waals surface area contributed by atoms with Crippen molar-refractivity contribution in [2.75, 3.05) is 6.54 Å². The first-order valence-corrected chi connectivity index (χ1v) is 7.79. The van der Waals surface area contributed by atoms with E-state index in [0.717, 1.165) is 24.3 Å². The number of ether oxygens (including phenoxy) is 1. The number of rotatable bonds is 6. The van der Waals surface area contributed by atoms with Crippen LogP contribution >= 0.6 is 11.6 Å². The predicted molar refractivity (Wildman–Crippen MR) is 89.4 cm³/mol. The van der Waals surface area contributed by atoms with Crippen molar-refractivity contribution in [1.82, 2.24) is 5.32 Å². The monoisotopic (exact) mass is 303 g/mol. The minimum atomic E-state index is 0.353. The van der Waals surface area contributed by atoms with Crippen LogP contribution in [0.25, 0.3) is 0 Å². The lowest BCUT2D eigenvalue weighted by Crippen LogP contribution is -2.19. The molecule has 0 aliphatic carbocycles. The number of aryl methyl sites for hydroxylation is 1. The van der Waals surface area contributed by atoms with Crippen LogP contribution in [0.5, 0.6) is 11.5 Å². The summed E-state index contributed by atoms with van der Waals surface area (Å²) < 4.78 is 5.94. The molecule has 0 radical (unpaired) electrons. The van der Waals surface area contributed by atoms with Gasteiger partial charge in [-0.3, -0.25) is 0 Å². The Hall–Kier alpha value is -1.51. The van der Waals surface area contributed by atoms with E-state index < -0.39 is 0 Å². The van der Waals surface area contributed by atoms with Gasteiger partial charge in [-0.2, -0.15) is 0 Å². The second-order valence-corrected chi connectivity index (χ2v) is 5.53. The number of halogens is 1. The van der Waals surface area contributed by atoms with Crippen LogP contribution in [0.4, 0.5) is 0 Å². The summed E-state index contributed by atoms with van der Waals surface area (Å²) in [6.45, 7) is 7.28. The molecule has 1 N–H and O–H groups in total. The molecule has 0 heterocycles. The third kappa shape index (κ3) is 4.23. The topological polar surface area (TPSA) is 21.3 Å². The molecule has 0 aliphatic rings. The molecule has 2 aromatic carbocycles. The molecule has 0 saturated heterocycles. The summed E-state index contributed by atoms with van der Waals surface area (Å²) in [5, 5.41) is 4.11. The summed E-state index contributed by atoms with van der Waals surface area (Å²) in [7, 11) is 0. The molecule has 1 unspecified atom stereocenters. The van der Waals surface area contributed by atoms with Gasteiger partial charge in [-0.15, -0.1) is 0 Å². The van der Waals surface area contributed by atoms with Crippen LogP contribution in [0, 0.1) is 6.92 Å². The number of benzene rings is 2. The minimum absolute atomic E-state index is 0.353. The number of hydrogen-bond donors (Lipinski definition) is 1. The van der Waals surface area contributed by atoms with Crippen molar-refractivity contribution < 1.29 is 4.74 Å². The van der Waals surface area contributed by atoms with Gasteiger partial charge >= 0.3 is 0 Å². The van der Waals surface area contributed by atoms with E-state index in [2.05, 4.69) is 31.3 Å². The first-order valence-electron chi connectivity index (χ1n) is 7.41. The maximum Gasteiger partial charge on any atom is 0.146 e. The lowest BCUT2D eigenvalue weighted by atomic mass is 10.0. The zero-order chi connectivity index (χ0) is 15.2. The van der Waals surface area contributed by atoms with Gasteiger partial charge in [-0.25, -0.2) is 0 Å². The molecule has 0 amide bonds. The third-order valence-electron chi connectivity index (χ3n) is 3.43. The molecule has 0 fully saturated rings. The molecule has 112 valence electrons. The van der Waals surface area contributed by atoms with Gasteiger partial charge < -0.3 is 10.1 Å². The fraction of sp³-hybridized carbons (Fsp3) is 0.333. The van der Waals surface area contributed by atoms with Crippen LogP contribution < -0.4 is 10.1 Å². The van der Waals surface area contributed by atoms with E-state index in [9.17, 15) is 0 Å². The molecule has 2 nitrogen and oxygen atoms in total. The Morgan fingerprint density at radius 1 is 1.14 bits per heavy atom. The largest absolute Gasteiger partial charge is 0.456 e. The molecule has 1 atom stereocenters. The van der Waals surface area contributed by atoms with Crippen molar-refractivity contribution in [1.29, 1.82) is 0 Å². The van der Waals surface area contributed by atoms with Crippen LogP contribution in [-0.2, 0) is 0 Å². The fourth-order valence-corrected chi connectivity index (χ4v) is 2.51. The van der Waals surface area contributed by atoms with Crippen molar-refractivity contribution in [3.8, 4) is 11.5 Å². The molecule has 3 heteroatoms. The molecule has 2 rings (SSSR count). The van der Waals surface area contributed by atoms with Gasteiger partial charge in [-0.05, 0) is 55.3 Å². The summed E-state index contributed by atoms with van der Waals surface area (Å²) >= 11 is 6.19. The molecule has 21 heavy (non-hydrogen) atoms. The Balaban J connectivity index is 2.23. The molecule has 0 aromatic heterocycles. The van der Waals surface area contributed by atoms with Gasteiger partial charge in [0.05, 0.1) is 5.02 Å². The van der Waals surface area contributed by atoms with E-state index in [4.69, 9.17) is 16.3 Å². The Bertz CT molecular complexity index is 598. The molecule has 0 bridgehead atoms. The third-order valence-corrected chi connectivity index (χ3v) is 3.75.